The maximum Gasteiger partial charge on any atom is 0.407 e. The molecule has 6 aromatic rings. The summed E-state index contributed by atoms with van der Waals surface area (Å²) in [5.74, 6) is -4.48. The Labute approximate surface area is 655 Å². The maximum absolute atomic E-state index is 14.8. The molecule has 5 aliphatic rings. The second-order valence-corrected chi connectivity index (χ2v) is 32.3. The molecule has 11 rings (SSSR count). The highest BCUT2D eigenvalue weighted by atomic mass is 32.2. The van der Waals surface area contributed by atoms with Crippen LogP contribution in [0.1, 0.15) is 119 Å². The lowest BCUT2D eigenvalue weighted by Gasteiger charge is -2.36. The van der Waals surface area contributed by atoms with E-state index in [9.17, 15) is 61.2 Å². The van der Waals surface area contributed by atoms with Gasteiger partial charge in [0.1, 0.15) is 53.0 Å². The summed E-state index contributed by atoms with van der Waals surface area (Å²) in [5, 5.41) is 24.1. The Morgan fingerprint density at radius 3 is 1.42 bits per heavy atom. The quantitative estimate of drug-likeness (QED) is 0.0255. The number of sulfonamides is 1. The summed E-state index contributed by atoms with van der Waals surface area (Å²) in [6, 6.07) is 23.5. The molecule has 0 bridgehead atoms. The van der Waals surface area contributed by atoms with Crippen molar-refractivity contribution in [2.75, 3.05) is 75.4 Å². The fourth-order valence-electron chi connectivity index (χ4n) is 15.3. The van der Waals surface area contributed by atoms with Gasteiger partial charge in [-0.2, -0.15) is 8.42 Å². The third-order valence-corrected chi connectivity index (χ3v) is 22.8. The molecule has 0 radical (unpaired) electrons. The van der Waals surface area contributed by atoms with Crippen molar-refractivity contribution >= 4 is 115 Å². The highest BCUT2D eigenvalue weighted by molar-refractivity contribution is 7.90. The summed E-state index contributed by atoms with van der Waals surface area (Å²) in [6.45, 7) is 16.9. The molecule has 4 saturated heterocycles. The van der Waals surface area contributed by atoms with E-state index in [2.05, 4.69) is 51.9 Å². The van der Waals surface area contributed by atoms with Gasteiger partial charge < -0.3 is 86.1 Å². The van der Waals surface area contributed by atoms with Crippen LogP contribution >= 0.6 is 0 Å². The van der Waals surface area contributed by atoms with Crippen LogP contribution in [0.5, 0.6) is 0 Å². The molecule has 1 aromatic heterocycles. The van der Waals surface area contributed by atoms with E-state index < -0.39 is 124 Å². The highest BCUT2D eigenvalue weighted by Gasteiger charge is 2.51. The Kier molecular flexibility index (Phi) is 25.5. The van der Waals surface area contributed by atoms with Gasteiger partial charge in [0.2, 0.25) is 41.4 Å². The van der Waals surface area contributed by atoms with E-state index in [4.69, 9.17) is 23.9 Å². The molecule has 1 unspecified atom stereocenters. The Bertz CT molecular complexity index is 4780. The van der Waals surface area contributed by atoms with Crippen molar-refractivity contribution in [3.8, 4) is 22.4 Å². The van der Waals surface area contributed by atoms with Crippen LogP contribution in [-0.4, -0.2) is 206 Å². The maximum atomic E-state index is 14.8. The monoisotopic (exact) mass is 1570 g/mol. The van der Waals surface area contributed by atoms with Crippen molar-refractivity contribution in [3.05, 3.63) is 121 Å². The number of aromatic nitrogens is 2. The SMILES string of the molecule is COC(=O)N[C@H](C(=O)N1CCC[C@H]1C(=O)Nc1ccc2c(c1)S(=O)(=O)N=C(c1ccc(NC(=O)[C@@H]3CCCN3C(=O)[C@@H](NC(=O)OCC3CN(C(=O)[C@@H](NC(=O)OC)C(C)C)[C@](C)(c4nc(-c5ccc(-c6ccc7cc(NC(=O)[C@@H]8CCCN8C(=O)[C@@H](NC(=O)OC)C(C)C)ccc7c6)cc5)c[nH]4)C3)C(C)C)cc1)N2)C(C)C. The number of benzene rings is 5. The van der Waals surface area contributed by atoms with Gasteiger partial charge in [0.05, 0.1) is 44.9 Å². The Balaban J connectivity index is 0.698. The van der Waals surface area contributed by atoms with E-state index in [1.807, 2.05) is 81.4 Å². The number of rotatable bonds is 24. The first-order valence-corrected chi connectivity index (χ1v) is 39.4. The summed E-state index contributed by atoms with van der Waals surface area (Å²) in [7, 11) is -0.715. The smallest absolute Gasteiger partial charge is 0.407 e. The van der Waals surface area contributed by atoms with Crippen LogP contribution in [0.15, 0.2) is 119 Å². The molecule has 0 aliphatic carbocycles. The Morgan fingerprint density at radius 2 is 0.920 bits per heavy atom. The second kappa shape index (κ2) is 35.0. The number of alkyl carbamates (subject to hydrolysis) is 4. The van der Waals surface area contributed by atoms with Gasteiger partial charge in [0.25, 0.3) is 10.0 Å². The molecule has 6 heterocycles. The second-order valence-electron chi connectivity index (χ2n) is 30.7. The molecule has 113 heavy (non-hydrogen) atoms. The molecule has 9 N–H and O–H groups in total. The molecule has 5 aliphatic heterocycles. The molecule has 0 saturated carbocycles. The fraction of sp³-hybridized carbons (Fsp3) is 0.463. The minimum atomic E-state index is -4.34. The molecule has 4 fully saturated rings. The van der Waals surface area contributed by atoms with E-state index in [0.717, 1.165) is 27.5 Å². The van der Waals surface area contributed by atoms with Crippen LogP contribution in [0.3, 0.4) is 0 Å². The van der Waals surface area contributed by atoms with E-state index >= 15 is 0 Å². The number of nitrogens with zero attached hydrogens (tertiary/aromatic N) is 6. The normalized spacial score (nSPS) is 20.1. The van der Waals surface area contributed by atoms with Crippen LogP contribution in [0.4, 0.5) is 41.9 Å². The molecule has 11 amide bonds. The summed E-state index contributed by atoms with van der Waals surface area (Å²) < 4.78 is 51.8. The van der Waals surface area contributed by atoms with Crippen molar-refractivity contribution in [1.29, 1.82) is 0 Å². The molecular formula is C80H99N15O17S. The van der Waals surface area contributed by atoms with Gasteiger partial charge in [0.15, 0.2) is 5.84 Å². The number of carbonyl (C=O) groups is 11. The number of methoxy groups -OCH3 is 3. The number of ether oxygens (including phenoxy) is 4. The van der Waals surface area contributed by atoms with Gasteiger partial charge >= 0.3 is 24.4 Å². The molecule has 33 heteroatoms. The molecule has 0 spiro atoms. The number of fused-ring (bicyclic) bond motifs is 2. The van der Waals surface area contributed by atoms with Crippen LogP contribution in [-0.2, 0) is 68.1 Å². The number of carbonyl (C=O) groups excluding carboxylic acids is 11. The first kappa shape index (κ1) is 82.3. The number of hydrogen-bond donors (Lipinski definition) is 9. The zero-order valence-corrected chi connectivity index (χ0v) is 66.2. The zero-order valence-electron chi connectivity index (χ0n) is 65.3. The average Bonchev–Trinajstić information content (AvgIpc) is 1.70. The Hall–Kier alpha value is -11.6. The summed E-state index contributed by atoms with van der Waals surface area (Å²) in [6.07, 6.45) is 1.63. The van der Waals surface area contributed by atoms with Gasteiger partial charge in [-0.3, -0.25) is 33.6 Å². The van der Waals surface area contributed by atoms with Gasteiger partial charge in [-0.05, 0) is 158 Å². The standard InChI is InChI=1S/C80H99N15O17S/c1-43(2)63(87-76(103)109-10)71(99)93-34-14-17-60(93)69(97)83-55-30-27-52-36-51(23-24-53(52)37-55)48-19-21-49(22-20-48)58-40-81-75(86-58)80(9)39-47(41-95(80)74(102)66(46(7)8)89-78(105)111-12)42-112-79(106)90-65(45(5)6)73(101)92-33-13-16-59(92)68(96)82-54-28-25-50(26-29-54)67-85-57-32-31-56(38-62(57)113(107,108)91-67)84-70(98)61-18-15-35-94(61)72(100)64(44(3)4)88-77(104)110-11/h19-32,36-38,40,43-47,59-61,63-66H,13-18,33-35,39,41-42H2,1-12H3,(H,81,86)(H,82,96)(H,83,97)(H,84,98)(H,85,91)(H,87,103)(H,88,104)(H,89,105)(H,90,106)/t47?,59-,60-,61-,63-,64-,65-,66-,80-/m0/s1. The lowest BCUT2D eigenvalue weighted by atomic mass is 9.92. The number of likely N-dealkylation sites (tertiary alicyclic amines) is 4. The molecule has 32 nitrogen and oxygen atoms in total. The van der Waals surface area contributed by atoms with Crippen molar-refractivity contribution in [2.24, 2.45) is 34.0 Å². The van der Waals surface area contributed by atoms with Crippen LogP contribution in [0, 0.1) is 29.6 Å². The minimum Gasteiger partial charge on any atom is -0.453 e. The Morgan fingerprint density at radius 1 is 0.504 bits per heavy atom. The van der Waals surface area contributed by atoms with Gasteiger partial charge in [-0.1, -0.05) is 97.9 Å². The van der Waals surface area contributed by atoms with Crippen LogP contribution in [0.2, 0.25) is 0 Å². The number of anilines is 4. The zero-order chi connectivity index (χ0) is 81.5. The number of H-pyrrole nitrogens is 1. The summed E-state index contributed by atoms with van der Waals surface area (Å²) >= 11 is 0. The largest absolute Gasteiger partial charge is 0.453 e. The lowest BCUT2D eigenvalue weighted by Crippen LogP contribution is -2.55. The number of aromatic amines is 1. The number of hydrogen-bond acceptors (Lipinski definition) is 19. The first-order chi connectivity index (χ1) is 53.8. The fourth-order valence-corrected chi connectivity index (χ4v) is 16.4. The van der Waals surface area contributed by atoms with E-state index in [-0.39, 0.29) is 84.3 Å². The highest BCUT2D eigenvalue weighted by Crippen LogP contribution is 2.43. The first-order valence-electron chi connectivity index (χ1n) is 38.0. The molecule has 602 valence electrons. The van der Waals surface area contributed by atoms with Gasteiger partial charge in [0, 0.05) is 66.5 Å². The van der Waals surface area contributed by atoms with Crippen molar-refractivity contribution < 1.29 is 80.1 Å². The van der Waals surface area contributed by atoms with Gasteiger partial charge in [-0.15, -0.1) is 4.40 Å². The summed E-state index contributed by atoms with van der Waals surface area (Å²) in [5.41, 5.74) is 3.67. The predicted molar refractivity (Wildman–Crippen MR) is 420 cm³/mol. The number of amidine groups is 1. The van der Waals surface area contributed by atoms with Crippen LogP contribution < -0.4 is 42.5 Å². The average molecular weight is 1570 g/mol. The van der Waals surface area contributed by atoms with Gasteiger partial charge in [-0.25, -0.2) is 24.2 Å². The molecule has 9 atom stereocenters. The van der Waals surface area contributed by atoms with Crippen molar-refractivity contribution in [1.82, 2.24) is 50.8 Å². The van der Waals surface area contributed by atoms with E-state index in [0.29, 0.717) is 73.5 Å². The predicted octanol–water partition coefficient (Wildman–Crippen LogP) is 8.90. The van der Waals surface area contributed by atoms with Crippen LogP contribution in [0.25, 0.3) is 33.2 Å². The number of imidazole rings is 1. The molecule has 5 aromatic carbocycles. The lowest BCUT2D eigenvalue weighted by molar-refractivity contribution is -0.139. The third-order valence-electron chi connectivity index (χ3n) is 21.5. The topological polar surface area (TPSA) is 409 Å². The minimum absolute atomic E-state index is 0.0106. The van der Waals surface area contributed by atoms with E-state index in [1.54, 1.807) is 76.9 Å². The number of amides is 11. The van der Waals surface area contributed by atoms with Crippen molar-refractivity contribution in [2.45, 2.75) is 160 Å². The molecular weight excluding hydrogens is 1480 g/mol. The summed E-state index contributed by atoms with van der Waals surface area (Å²) in [4.78, 5) is 163. The third kappa shape index (κ3) is 18.5. The number of nitrogens with one attached hydrogen (secondary N) is 9. The van der Waals surface area contributed by atoms with E-state index in [1.165, 1.54) is 54.2 Å². The van der Waals surface area contributed by atoms with Crippen molar-refractivity contribution in [3.63, 3.8) is 0 Å².